The first-order chi connectivity index (χ1) is 11.7. The summed E-state index contributed by atoms with van der Waals surface area (Å²) in [6.45, 7) is 2.19. The van der Waals surface area contributed by atoms with E-state index in [0.717, 1.165) is 18.7 Å². The summed E-state index contributed by atoms with van der Waals surface area (Å²) in [7, 11) is 0. The standard InChI is InChI=1S/C18H15ClN4O/c19-14-9-15-17(13(10-20)18(24)21-15)22-16(14)11-3-5-12(6-4-11)23-7-1-2-8-23/h3-6,9,21,24H,1-2,7-8H2. The van der Waals surface area contributed by atoms with Gasteiger partial charge in [-0.3, -0.25) is 0 Å². The highest BCUT2D eigenvalue weighted by Gasteiger charge is 2.17. The summed E-state index contributed by atoms with van der Waals surface area (Å²) in [5.74, 6) is -0.183. The van der Waals surface area contributed by atoms with Crippen LogP contribution in [0.25, 0.3) is 22.3 Å². The minimum atomic E-state index is -0.183. The Morgan fingerprint density at radius 3 is 2.58 bits per heavy atom. The number of H-pyrrole nitrogens is 1. The molecule has 1 saturated heterocycles. The lowest BCUT2D eigenvalue weighted by atomic mass is 10.1. The second-order valence-electron chi connectivity index (χ2n) is 5.92. The van der Waals surface area contributed by atoms with Gasteiger partial charge in [0.2, 0.25) is 5.88 Å². The molecule has 1 aliphatic heterocycles. The minimum absolute atomic E-state index is 0.136. The average Bonchev–Trinajstić information content (AvgIpc) is 3.21. The Balaban J connectivity index is 1.78. The van der Waals surface area contributed by atoms with Gasteiger partial charge in [0.15, 0.2) is 0 Å². The number of nitrogens with zero attached hydrogens (tertiary/aromatic N) is 3. The van der Waals surface area contributed by atoms with Crippen molar-refractivity contribution in [1.82, 2.24) is 9.97 Å². The highest BCUT2D eigenvalue weighted by Crippen LogP contribution is 2.34. The topological polar surface area (TPSA) is 75.9 Å². The normalized spacial score (nSPS) is 14.2. The predicted molar refractivity (Wildman–Crippen MR) is 94.4 cm³/mol. The molecule has 0 atom stereocenters. The van der Waals surface area contributed by atoms with Crippen molar-refractivity contribution >= 4 is 28.3 Å². The lowest BCUT2D eigenvalue weighted by Gasteiger charge is -2.17. The maximum atomic E-state index is 9.78. The number of rotatable bonds is 2. The largest absolute Gasteiger partial charge is 0.494 e. The van der Waals surface area contributed by atoms with Crippen LogP contribution in [-0.4, -0.2) is 28.2 Å². The van der Waals surface area contributed by atoms with Gasteiger partial charge >= 0.3 is 0 Å². The van der Waals surface area contributed by atoms with Crippen molar-refractivity contribution in [3.8, 4) is 23.2 Å². The molecular weight excluding hydrogens is 324 g/mol. The zero-order valence-electron chi connectivity index (χ0n) is 12.9. The van der Waals surface area contributed by atoms with Gasteiger partial charge in [-0.25, -0.2) is 4.98 Å². The molecule has 1 aromatic carbocycles. The summed E-state index contributed by atoms with van der Waals surface area (Å²) in [6, 6.07) is 11.8. The van der Waals surface area contributed by atoms with Crippen LogP contribution >= 0.6 is 11.6 Å². The van der Waals surface area contributed by atoms with E-state index in [4.69, 9.17) is 11.6 Å². The van der Waals surface area contributed by atoms with Crippen molar-refractivity contribution in [3.05, 3.63) is 40.9 Å². The second kappa shape index (κ2) is 5.73. The molecule has 5 nitrogen and oxygen atoms in total. The van der Waals surface area contributed by atoms with Crippen LogP contribution in [0.3, 0.4) is 0 Å². The summed E-state index contributed by atoms with van der Waals surface area (Å²) >= 11 is 6.35. The molecule has 0 aliphatic carbocycles. The number of benzene rings is 1. The molecule has 24 heavy (non-hydrogen) atoms. The molecule has 0 radical (unpaired) electrons. The van der Waals surface area contributed by atoms with Crippen LogP contribution in [0.15, 0.2) is 30.3 Å². The SMILES string of the molecule is N#Cc1c(O)[nH]c2cc(Cl)c(-c3ccc(N4CCCC4)cc3)nc12. The van der Waals surface area contributed by atoms with E-state index in [1.807, 2.05) is 18.2 Å². The zero-order valence-corrected chi connectivity index (χ0v) is 13.6. The summed E-state index contributed by atoms with van der Waals surface area (Å²) < 4.78 is 0. The number of aromatic amines is 1. The van der Waals surface area contributed by atoms with Crippen molar-refractivity contribution in [1.29, 1.82) is 5.26 Å². The zero-order chi connectivity index (χ0) is 16.7. The van der Waals surface area contributed by atoms with E-state index in [2.05, 4.69) is 27.0 Å². The molecule has 6 heteroatoms. The van der Waals surface area contributed by atoms with E-state index in [-0.39, 0.29) is 11.4 Å². The van der Waals surface area contributed by atoms with E-state index < -0.39 is 0 Å². The van der Waals surface area contributed by atoms with Crippen LogP contribution in [-0.2, 0) is 0 Å². The second-order valence-corrected chi connectivity index (χ2v) is 6.32. The molecule has 0 spiro atoms. The molecule has 2 N–H and O–H groups in total. The Kier molecular flexibility index (Phi) is 3.55. The van der Waals surface area contributed by atoms with Crippen LogP contribution in [0, 0.1) is 11.3 Å². The molecule has 120 valence electrons. The van der Waals surface area contributed by atoms with Crippen molar-refractivity contribution in [2.24, 2.45) is 0 Å². The fraction of sp³-hybridized carbons (Fsp3) is 0.222. The summed E-state index contributed by atoms with van der Waals surface area (Å²) in [6.07, 6.45) is 2.47. The van der Waals surface area contributed by atoms with Crippen molar-refractivity contribution in [2.45, 2.75) is 12.8 Å². The molecule has 4 rings (SSSR count). The van der Waals surface area contributed by atoms with E-state index in [1.165, 1.54) is 18.5 Å². The Bertz CT molecular complexity index is 950. The number of anilines is 1. The van der Waals surface area contributed by atoms with Crippen molar-refractivity contribution < 1.29 is 5.11 Å². The first-order valence-electron chi connectivity index (χ1n) is 7.84. The Hall–Kier alpha value is -2.71. The van der Waals surface area contributed by atoms with Gasteiger partial charge in [-0.1, -0.05) is 23.7 Å². The lowest BCUT2D eigenvalue weighted by Crippen LogP contribution is -2.17. The highest BCUT2D eigenvalue weighted by molar-refractivity contribution is 6.33. The maximum absolute atomic E-state index is 9.78. The smallest absolute Gasteiger partial charge is 0.209 e. The quantitative estimate of drug-likeness (QED) is 0.738. The molecule has 2 aromatic heterocycles. The number of pyridine rings is 1. The Morgan fingerprint density at radius 1 is 1.21 bits per heavy atom. The molecule has 1 aliphatic rings. The van der Waals surface area contributed by atoms with Gasteiger partial charge in [-0.05, 0) is 31.0 Å². The number of nitrogens with one attached hydrogen (secondary N) is 1. The van der Waals surface area contributed by atoms with Crippen LogP contribution in [0.4, 0.5) is 5.69 Å². The van der Waals surface area contributed by atoms with Crippen LogP contribution in [0.2, 0.25) is 5.02 Å². The maximum Gasteiger partial charge on any atom is 0.209 e. The fourth-order valence-electron chi connectivity index (χ4n) is 3.19. The van der Waals surface area contributed by atoms with Crippen molar-refractivity contribution in [3.63, 3.8) is 0 Å². The third-order valence-electron chi connectivity index (χ3n) is 4.43. The number of hydrogen-bond donors (Lipinski definition) is 2. The van der Waals surface area contributed by atoms with Gasteiger partial charge in [0, 0.05) is 24.3 Å². The number of aromatic hydroxyl groups is 1. The van der Waals surface area contributed by atoms with E-state index in [9.17, 15) is 10.4 Å². The monoisotopic (exact) mass is 338 g/mol. The van der Waals surface area contributed by atoms with Gasteiger partial charge in [-0.2, -0.15) is 5.26 Å². The average molecular weight is 339 g/mol. The van der Waals surface area contributed by atoms with Gasteiger partial charge in [0.25, 0.3) is 0 Å². The van der Waals surface area contributed by atoms with Gasteiger partial charge in [-0.15, -0.1) is 0 Å². The number of nitriles is 1. The first-order valence-corrected chi connectivity index (χ1v) is 8.22. The van der Waals surface area contributed by atoms with Crippen LogP contribution in [0.5, 0.6) is 5.88 Å². The van der Waals surface area contributed by atoms with Crippen molar-refractivity contribution in [2.75, 3.05) is 18.0 Å². The molecule has 0 bridgehead atoms. The number of fused-ring (bicyclic) bond motifs is 1. The molecular formula is C18H15ClN4O. The summed E-state index contributed by atoms with van der Waals surface area (Å²) in [5, 5.41) is 19.4. The van der Waals surface area contributed by atoms with Crippen LogP contribution in [0.1, 0.15) is 18.4 Å². The molecule has 3 aromatic rings. The summed E-state index contributed by atoms with van der Waals surface area (Å²) in [5.41, 5.74) is 3.80. The van der Waals surface area contributed by atoms with Gasteiger partial charge in [0.05, 0.1) is 16.2 Å². The van der Waals surface area contributed by atoms with E-state index in [1.54, 1.807) is 6.07 Å². The predicted octanol–water partition coefficient (Wildman–Crippen LogP) is 4.06. The van der Waals surface area contributed by atoms with Gasteiger partial charge in [0.1, 0.15) is 17.1 Å². The van der Waals surface area contributed by atoms with Gasteiger partial charge < -0.3 is 15.0 Å². The molecule has 0 unspecified atom stereocenters. The third-order valence-corrected chi connectivity index (χ3v) is 4.71. The molecule has 1 fully saturated rings. The number of hydrogen-bond acceptors (Lipinski definition) is 4. The summed E-state index contributed by atoms with van der Waals surface area (Å²) in [4.78, 5) is 9.59. The van der Waals surface area contributed by atoms with E-state index in [0.29, 0.717) is 21.7 Å². The fourth-order valence-corrected chi connectivity index (χ4v) is 3.45. The highest BCUT2D eigenvalue weighted by atomic mass is 35.5. The minimum Gasteiger partial charge on any atom is -0.494 e. The third kappa shape index (κ3) is 2.36. The first kappa shape index (κ1) is 14.9. The van der Waals surface area contributed by atoms with E-state index >= 15 is 0 Å². The number of aromatic nitrogens is 2. The molecule has 0 amide bonds. The van der Waals surface area contributed by atoms with Crippen LogP contribution < -0.4 is 4.90 Å². The Morgan fingerprint density at radius 2 is 1.92 bits per heavy atom. The number of halogens is 1. The molecule has 0 saturated carbocycles. The Labute approximate surface area is 144 Å². The lowest BCUT2D eigenvalue weighted by molar-refractivity contribution is 0.457. The molecule has 3 heterocycles.